The molecule has 2 aromatic heterocycles. The lowest BCUT2D eigenvalue weighted by Gasteiger charge is -2.15. The van der Waals surface area contributed by atoms with Gasteiger partial charge in [-0.2, -0.15) is 0 Å². The minimum atomic E-state index is -0.246. The highest BCUT2D eigenvalue weighted by atomic mass is 19.1. The number of halogens is 1. The molecule has 0 saturated heterocycles. The molecule has 2 N–H and O–H groups in total. The van der Waals surface area contributed by atoms with Gasteiger partial charge in [0.25, 0.3) is 0 Å². The van der Waals surface area contributed by atoms with Crippen LogP contribution >= 0.6 is 0 Å². The molecule has 64 heavy (non-hydrogen) atoms. The van der Waals surface area contributed by atoms with Crippen LogP contribution in [0.1, 0.15) is 23.5 Å². The van der Waals surface area contributed by atoms with Gasteiger partial charge in [-0.15, -0.1) is 0 Å². The van der Waals surface area contributed by atoms with E-state index in [1.54, 1.807) is 0 Å². The average molecular weight is 827 g/mol. The number of benzene rings is 8. The van der Waals surface area contributed by atoms with Crippen molar-refractivity contribution in [2.45, 2.75) is 12.3 Å². The van der Waals surface area contributed by atoms with E-state index >= 15 is 0 Å². The molecule has 11 rings (SSSR count). The van der Waals surface area contributed by atoms with Crippen LogP contribution in [0.2, 0.25) is 0 Å². The molecule has 0 fully saturated rings. The van der Waals surface area contributed by atoms with Crippen LogP contribution in [-0.4, -0.2) is 15.1 Å². The van der Waals surface area contributed by atoms with E-state index in [4.69, 9.17) is 10.7 Å². The van der Waals surface area contributed by atoms with Gasteiger partial charge in [-0.25, -0.2) is 9.38 Å². The fraction of sp³-hybridized carbons (Fsp3) is 0.0339. The van der Waals surface area contributed by atoms with Gasteiger partial charge in [0, 0.05) is 39.2 Å². The Bertz CT molecular complexity index is 3540. The Morgan fingerprint density at radius 1 is 0.578 bits per heavy atom. The van der Waals surface area contributed by atoms with Gasteiger partial charge in [0.05, 0.1) is 21.9 Å². The zero-order valence-electron chi connectivity index (χ0n) is 35.1. The van der Waals surface area contributed by atoms with Gasteiger partial charge in [-0.05, 0) is 123 Å². The van der Waals surface area contributed by atoms with Crippen molar-refractivity contribution in [2.24, 2.45) is 10.7 Å². The number of aromatic nitrogens is 2. The van der Waals surface area contributed by atoms with Crippen LogP contribution < -0.4 is 16.3 Å². The molecule has 10 aromatic rings. The maximum atomic E-state index is 13.9. The van der Waals surface area contributed by atoms with Crippen molar-refractivity contribution in [3.05, 3.63) is 240 Å². The first-order chi connectivity index (χ1) is 31.5. The molecule has 0 aliphatic heterocycles. The topological polar surface area (TPSA) is 48.2 Å². The molecule has 0 saturated carbocycles. The summed E-state index contributed by atoms with van der Waals surface area (Å²) >= 11 is 0. The Morgan fingerprint density at radius 2 is 1.16 bits per heavy atom. The number of aliphatic imine (C=N–C) groups is 1. The third kappa shape index (κ3) is 6.94. The highest BCUT2D eigenvalue weighted by molar-refractivity contribution is 6.09. The minimum Gasteiger partial charge on any atom is -0.369 e. The molecule has 2 heterocycles. The molecule has 1 aliphatic carbocycles. The number of hydrogen-bond acceptors (Lipinski definition) is 1. The van der Waals surface area contributed by atoms with E-state index in [2.05, 4.69) is 192 Å². The second kappa shape index (κ2) is 16.2. The number of allylic oxidation sites excluding steroid dienone is 2. The summed E-state index contributed by atoms with van der Waals surface area (Å²) in [5.74, 6) is 0.296. The quantitative estimate of drug-likeness (QED) is 0.0926. The lowest BCUT2D eigenvalue weighted by atomic mass is 9.90. The first-order valence-electron chi connectivity index (χ1n) is 21.6. The van der Waals surface area contributed by atoms with Gasteiger partial charge >= 0.3 is 0 Å². The van der Waals surface area contributed by atoms with Crippen LogP contribution in [0, 0.1) is 5.82 Å². The van der Waals surface area contributed by atoms with Gasteiger partial charge in [-0.3, -0.25) is 4.57 Å². The summed E-state index contributed by atoms with van der Waals surface area (Å²) in [6, 6.07) is 66.7. The van der Waals surface area contributed by atoms with Gasteiger partial charge < -0.3 is 10.3 Å². The van der Waals surface area contributed by atoms with E-state index < -0.39 is 0 Å². The minimum absolute atomic E-state index is 0.156. The number of hydrogen-bond donors (Lipinski definition) is 1. The zero-order chi connectivity index (χ0) is 43.1. The Morgan fingerprint density at radius 3 is 1.81 bits per heavy atom. The van der Waals surface area contributed by atoms with Crippen molar-refractivity contribution in [3.8, 4) is 39.1 Å². The summed E-state index contributed by atoms with van der Waals surface area (Å²) in [6.07, 6.45) is 9.12. The predicted octanol–water partition coefficient (Wildman–Crippen LogP) is 13.0. The Hall–Kier alpha value is -8.28. The molecule has 8 aromatic carbocycles. The standard InChI is InChI=1S/C59H43FN4/c1-2-39(42-21-23-43(24-22-42)48-34-46(40-13-5-3-6-14-40)33-47(35-48)41-15-7-4-8-16-41)38-62-59(61)64-56-20-12-10-18-52(56)54-37-45(26-32-58(54)64)44-25-31-57-53(36-44)51-17-9-11-19-55(51)63(57)50-29-27-49(60)28-30-50/h2-25,27-38,45H,1,26H2,(H2,61,62)/b39-38+. The summed E-state index contributed by atoms with van der Waals surface area (Å²) in [6.45, 7) is 4.15. The molecule has 4 nitrogen and oxygen atoms in total. The average Bonchev–Trinajstić information content (AvgIpc) is 3.87. The fourth-order valence-electron chi connectivity index (χ4n) is 9.42. The molecule has 306 valence electrons. The highest BCUT2D eigenvalue weighted by Crippen LogP contribution is 2.36. The van der Waals surface area contributed by atoms with Gasteiger partial charge in [0.1, 0.15) is 5.82 Å². The number of para-hydroxylation sites is 2. The van der Waals surface area contributed by atoms with E-state index in [0.29, 0.717) is 5.96 Å². The SMILES string of the molecule is C=C/C(=C\N=C(/N)n1c2c(c3ccccc31)=CC(c1ccc3c(c1)c1ccccc1n3-c1ccc(F)cc1)CC=2)c1ccc(-c2cc(-c3ccccc3)cc(-c3ccccc3)c2)cc1. The normalized spacial score (nSPS) is 14.0. The summed E-state index contributed by atoms with van der Waals surface area (Å²) in [5.41, 5.74) is 21.1. The summed E-state index contributed by atoms with van der Waals surface area (Å²) in [7, 11) is 0. The van der Waals surface area contributed by atoms with Crippen molar-refractivity contribution in [1.82, 2.24) is 9.13 Å². The van der Waals surface area contributed by atoms with Crippen LogP contribution in [0.4, 0.5) is 4.39 Å². The Balaban J connectivity index is 0.922. The van der Waals surface area contributed by atoms with Gasteiger partial charge in [0.2, 0.25) is 5.96 Å². The molecule has 0 spiro atoms. The summed E-state index contributed by atoms with van der Waals surface area (Å²) in [4.78, 5) is 4.88. The number of fused-ring (bicyclic) bond motifs is 6. The first kappa shape index (κ1) is 38.6. The van der Waals surface area contributed by atoms with Crippen LogP contribution in [0.5, 0.6) is 0 Å². The molecule has 5 heteroatoms. The van der Waals surface area contributed by atoms with E-state index in [0.717, 1.165) is 66.9 Å². The number of nitrogens with two attached hydrogens (primary N) is 1. The van der Waals surface area contributed by atoms with Gasteiger partial charge in [0.15, 0.2) is 0 Å². The van der Waals surface area contributed by atoms with E-state index in [1.165, 1.54) is 50.7 Å². The number of rotatable bonds is 8. The molecular formula is C59H43FN4. The van der Waals surface area contributed by atoms with E-state index in [9.17, 15) is 4.39 Å². The van der Waals surface area contributed by atoms with Crippen LogP contribution in [0.25, 0.3) is 89.5 Å². The molecule has 1 atom stereocenters. The maximum Gasteiger partial charge on any atom is 0.205 e. The van der Waals surface area contributed by atoms with Crippen molar-refractivity contribution in [1.29, 1.82) is 0 Å². The smallest absolute Gasteiger partial charge is 0.205 e. The van der Waals surface area contributed by atoms with Crippen molar-refractivity contribution >= 4 is 56.4 Å². The van der Waals surface area contributed by atoms with Gasteiger partial charge in [-0.1, -0.05) is 152 Å². The van der Waals surface area contributed by atoms with Crippen LogP contribution in [-0.2, 0) is 0 Å². The monoisotopic (exact) mass is 826 g/mol. The number of nitrogens with zero attached hydrogens (tertiary/aromatic N) is 3. The lowest BCUT2D eigenvalue weighted by Crippen LogP contribution is -2.38. The van der Waals surface area contributed by atoms with Crippen molar-refractivity contribution in [2.75, 3.05) is 0 Å². The molecule has 0 bridgehead atoms. The Kier molecular flexibility index (Phi) is 9.78. The maximum absolute atomic E-state index is 13.9. The third-order valence-corrected chi connectivity index (χ3v) is 12.6. The second-order valence-corrected chi connectivity index (χ2v) is 16.4. The molecular weight excluding hydrogens is 784 g/mol. The summed E-state index contributed by atoms with van der Waals surface area (Å²) in [5, 5.41) is 5.65. The van der Waals surface area contributed by atoms with Crippen LogP contribution in [0.3, 0.4) is 0 Å². The fourth-order valence-corrected chi connectivity index (χ4v) is 9.42. The molecule has 1 unspecified atom stereocenters. The molecule has 0 radical (unpaired) electrons. The zero-order valence-corrected chi connectivity index (χ0v) is 35.1. The predicted molar refractivity (Wildman–Crippen MR) is 266 cm³/mol. The first-order valence-corrected chi connectivity index (χ1v) is 21.6. The largest absolute Gasteiger partial charge is 0.369 e. The molecule has 0 amide bonds. The third-order valence-electron chi connectivity index (χ3n) is 12.6. The Labute approximate surface area is 371 Å². The second-order valence-electron chi connectivity index (χ2n) is 16.4. The van der Waals surface area contributed by atoms with Crippen LogP contribution in [0.15, 0.2) is 218 Å². The van der Waals surface area contributed by atoms with E-state index in [-0.39, 0.29) is 11.7 Å². The van der Waals surface area contributed by atoms with Crippen molar-refractivity contribution in [3.63, 3.8) is 0 Å². The molecule has 1 aliphatic rings. The highest BCUT2D eigenvalue weighted by Gasteiger charge is 2.20. The van der Waals surface area contributed by atoms with Crippen molar-refractivity contribution < 1.29 is 4.39 Å². The lowest BCUT2D eigenvalue weighted by molar-refractivity contribution is 0.627. The van der Waals surface area contributed by atoms with E-state index in [1.807, 2.05) is 30.5 Å². The summed E-state index contributed by atoms with van der Waals surface area (Å²) < 4.78 is 18.2.